The van der Waals surface area contributed by atoms with Gasteiger partial charge in [0.1, 0.15) is 0 Å². The van der Waals surface area contributed by atoms with Gasteiger partial charge in [0, 0.05) is 24.5 Å². The molecule has 0 aliphatic carbocycles. The first-order valence-electron chi connectivity index (χ1n) is 9.03. The number of thioether (sulfide) groups is 1. The fourth-order valence-corrected chi connectivity index (χ4v) is 4.05. The molecule has 1 aliphatic heterocycles. The molecular formula is C21H25N3OS. The van der Waals surface area contributed by atoms with Crippen molar-refractivity contribution in [2.45, 2.75) is 40.2 Å². The number of aromatic nitrogens is 1. The molecule has 1 fully saturated rings. The van der Waals surface area contributed by atoms with Crippen LogP contribution in [0.4, 0.5) is 5.69 Å². The maximum absolute atomic E-state index is 12.9. The van der Waals surface area contributed by atoms with Crippen molar-refractivity contribution in [3.8, 4) is 0 Å². The summed E-state index contributed by atoms with van der Waals surface area (Å²) in [6.07, 6.45) is 4.99. The van der Waals surface area contributed by atoms with Gasteiger partial charge in [0.05, 0.1) is 10.6 Å². The van der Waals surface area contributed by atoms with Crippen LogP contribution in [0, 0.1) is 6.92 Å². The number of amides is 1. The Labute approximate surface area is 159 Å². The SMILES string of the molecule is CCCN1C(=O)/C(=C\c2cc(C)n(C(C)C)c2)SC1=Nc1ccccc1. The number of hydrogen-bond acceptors (Lipinski definition) is 3. The molecule has 1 saturated heterocycles. The number of benzene rings is 1. The largest absolute Gasteiger partial charge is 0.349 e. The van der Waals surface area contributed by atoms with Crippen molar-refractivity contribution in [2.24, 2.45) is 4.99 Å². The van der Waals surface area contributed by atoms with E-state index in [0.29, 0.717) is 12.6 Å². The van der Waals surface area contributed by atoms with Gasteiger partial charge >= 0.3 is 0 Å². The van der Waals surface area contributed by atoms with Gasteiger partial charge < -0.3 is 4.57 Å². The molecule has 1 aliphatic rings. The number of nitrogens with zero attached hydrogens (tertiary/aromatic N) is 3. The molecule has 4 nitrogen and oxygen atoms in total. The van der Waals surface area contributed by atoms with Crippen molar-refractivity contribution in [3.05, 3.63) is 58.8 Å². The lowest BCUT2D eigenvalue weighted by molar-refractivity contribution is -0.122. The molecular weight excluding hydrogens is 342 g/mol. The molecule has 0 radical (unpaired) electrons. The average molecular weight is 368 g/mol. The second kappa shape index (κ2) is 7.96. The van der Waals surface area contributed by atoms with Gasteiger partial charge in [0.15, 0.2) is 5.17 Å². The molecule has 0 unspecified atom stereocenters. The van der Waals surface area contributed by atoms with Gasteiger partial charge in [-0.1, -0.05) is 25.1 Å². The zero-order valence-electron chi connectivity index (χ0n) is 15.8. The molecule has 2 heterocycles. The van der Waals surface area contributed by atoms with Crippen LogP contribution in [0.15, 0.2) is 52.5 Å². The first kappa shape index (κ1) is 18.5. The minimum Gasteiger partial charge on any atom is -0.349 e. The summed E-state index contributed by atoms with van der Waals surface area (Å²) in [7, 11) is 0. The van der Waals surface area contributed by atoms with Gasteiger partial charge in [-0.3, -0.25) is 9.69 Å². The summed E-state index contributed by atoms with van der Waals surface area (Å²) >= 11 is 1.46. The number of hydrogen-bond donors (Lipinski definition) is 0. The van der Waals surface area contributed by atoms with Gasteiger partial charge in [-0.25, -0.2) is 4.99 Å². The summed E-state index contributed by atoms with van der Waals surface area (Å²) < 4.78 is 2.22. The van der Waals surface area contributed by atoms with Crippen molar-refractivity contribution < 1.29 is 4.79 Å². The van der Waals surface area contributed by atoms with Crippen LogP contribution in [-0.4, -0.2) is 27.1 Å². The van der Waals surface area contributed by atoms with E-state index in [4.69, 9.17) is 4.99 Å². The predicted octanol–water partition coefficient (Wildman–Crippen LogP) is 5.39. The highest BCUT2D eigenvalue weighted by Crippen LogP contribution is 2.34. The quantitative estimate of drug-likeness (QED) is 0.664. The molecule has 26 heavy (non-hydrogen) atoms. The third-order valence-corrected chi connectivity index (χ3v) is 5.25. The molecule has 1 amide bonds. The first-order valence-corrected chi connectivity index (χ1v) is 9.85. The van der Waals surface area contributed by atoms with E-state index >= 15 is 0 Å². The Kier molecular flexibility index (Phi) is 5.67. The Bertz CT molecular complexity index is 849. The fourth-order valence-electron chi connectivity index (χ4n) is 3.03. The Hall–Kier alpha value is -2.27. The van der Waals surface area contributed by atoms with E-state index in [2.05, 4.69) is 44.5 Å². The van der Waals surface area contributed by atoms with Crippen LogP contribution in [0.1, 0.15) is 44.5 Å². The Morgan fingerprint density at radius 2 is 1.96 bits per heavy atom. The van der Waals surface area contributed by atoms with E-state index in [0.717, 1.165) is 27.7 Å². The lowest BCUT2D eigenvalue weighted by atomic mass is 10.2. The van der Waals surface area contributed by atoms with Crippen LogP contribution in [-0.2, 0) is 4.79 Å². The van der Waals surface area contributed by atoms with Gasteiger partial charge in [0.25, 0.3) is 5.91 Å². The van der Waals surface area contributed by atoms with Crippen molar-refractivity contribution in [2.75, 3.05) is 6.54 Å². The monoisotopic (exact) mass is 367 g/mol. The number of amidine groups is 1. The van der Waals surface area contributed by atoms with Crippen LogP contribution in [0.25, 0.3) is 6.08 Å². The highest BCUT2D eigenvalue weighted by atomic mass is 32.2. The van der Waals surface area contributed by atoms with Crippen molar-refractivity contribution in [1.82, 2.24) is 9.47 Å². The predicted molar refractivity (Wildman–Crippen MR) is 111 cm³/mol. The third kappa shape index (κ3) is 3.93. The summed E-state index contributed by atoms with van der Waals surface area (Å²) in [6.45, 7) is 9.17. The zero-order chi connectivity index (χ0) is 18.7. The van der Waals surface area contributed by atoms with Crippen LogP contribution in [0.5, 0.6) is 0 Å². The first-order chi connectivity index (χ1) is 12.5. The summed E-state index contributed by atoms with van der Waals surface area (Å²) in [5, 5.41) is 0.759. The number of aryl methyl sites for hydroxylation is 1. The zero-order valence-corrected chi connectivity index (χ0v) is 16.6. The molecule has 1 aromatic carbocycles. The molecule has 5 heteroatoms. The fraction of sp³-hybridized carbons (Fsp3) is 0.333. The lowest BCUT2D eigenvalue weighted by Crippen LogP contribution is -2.29. The number of rotatable bonds is 5. The highest BCUT2D eigenvalue weighted by molar-refractivity contribution is 8.18. The van der Waals surface area contributed by atoms with E-state index in [1.54, 1.807) is 4.90 Å². The normalized spacial score (nSPS) is 17.9. The Morgan fingerprint density at radius 1 is 1.23 bits per heavy atom. The molecule has 0 spiro atoms. The molecule has 2 aromatic rings. The minimum atomic E-state index is 0.0430. The number of para-hydroxylation sites is 1. The van der Waals surface area contributed by atoms with Crippen LogP contribution >= 0.6 is 11.8 Å². The second-order valence-electron chi connectivity index (χ2n) is 6.71. The van der Waals surface area contributed by atoms with Gasteiger partial charge in [0.2, 0.25) is 0 Å². The van der Waals surface area contributed by atoms with Crippen LogP contribution in [0.2, 0.25) is 0 Å². The van der Waals surface area contributed by atoms with Crippen molar-refractivity contribution in [3.63, 3.8) is 0 Å². The van der Waals surface area contributed by atoms with Crippen molar-refractivity contribution in [1.29, 1.82) is 0 Å². The minimum absolute atomic E-state index is 0.0430. The van der Waals surface area contributed by atoms with Gasteiger partial charge in [-0.05, 0) is 68.8 Å². The summed E-state index contributed by atoms with van der Waals surface area (Å²) in [6, 6.07) is 12.3. The Balaban J connectivity index is 1.93. The van der Waals surface area contributed by atoms with E-state index < -0.39 is 0 Å². The van der Waals surface area contributed by atoms with Crippen LogP contribution in [0.3, 0.4) is 0 Å². The van der Waals surface area contributed by atoms with Crippen LogP contribution < -0.4 is 0 Å². The second-order valence-corrected chi connectivity index (χ2v) is 7.72. The molecule has 0 atom stereocenters. The maximum atomic E-state index is 12.9. The smallest absolute Gasteiger partial charge is 0.266 e. The summed E-state index contributed by atoms with van der Waals surface area (Å²) in [4.78, 5) is 20.1. The molecule has 1 aromatic heterocycles. The topological polar surface area (TPSA) is 37.6 Å². The number of carbonyl (C=O) groups excluding carboxylic acids is 1. The van der Waals surface area contributed by atoms with E-state index in [1.807, 2.05) is 36.4 Å². The standard InChI is InChI=1S/C21H25N3OS/c1-5-11-23-20(25)19(13-17-12-16(4)24(14-17)15(2)3)26-21(23)22-18-9-7-6-8-10-18/h6-10,12-15H,5,11H2,1-4H3/b19-13+,22-21?. The highest BCUT2D eigenvalue weighted by Gasteiger charge is 2.32. The van der Waals surface area contributed by atoms with E-state index in [1.165, 1.54) is 17.5 Å². The summed E-state index contributed by atoms with van der Waals surface area (Å²) in [5.41, 5.74) is 3.13. The molecule has 3 rings (SSSR count). The van der Waals surface area contributed by atoms with Gasteiger partial charge in [-0.2, -0.15) is 0 Å². The van der Waals surface area contributed by atoms with Crippen molar-refractivity contribution >= 4 is 34.6 Å². The third-order valence-electron chi connectivity index (χ3n) is 4.24. The average Bonchev–Trinajstić information content (AvgIpc) is 3.11. The molecule has 0 bridgehead atoms. The van der Waals surface area contributed by atoms with Gasteiger partial charge in [-0.15, -0.1) is 0 Å². The molecule has 0 N–H and O–H groups in total. The number of aliphatic imine (C=N–C) groups is 1. The Morgan fingerprint density at radius 3 is 2.58 bits per heavy atom. The summed E-state index contributed by atoms with van der Waals surface area (Å²) in [5.74, 6) is 0.0430. The lowest BCUT2D eigenvalue weighted by Gasteiger charge is -2.13. The van der Waals surface area contributed by atoms with E-state index in [9.17, 15) is 4.79 Å². The molecule has 136 valence electrons. The maximum Gasteiger partial charge on any atom is 0.266 e. The van der Waals surface area contributed by atoms with E-state index in [-0.39, 0.29) is 5.91 Å². The molecule has 0 saturated carbocycles. The number of carbonyl (C=O) groups is 1.